The zero-order chi connectivity index (χ0) is 82.8. The van der Waals surface area contributed by atoms with Gasteiger partial charge in [0.1, 0.15) is 79.0 Å². The first-order valence-electron chi connectivity index (χ1n) is 33.7. The van der Waals surface area contributed by atoms with E-state index >= 15 is 0 Å². The molecule has 13 unspecified atom stereocenters. The summed E-state index contributed by atoms with van der Waals surface area (Å²) in [6.45, 7) is -12.4. The van der Waals surface area contributed by atoms with Crippen LogP contribution in [0.1, 0.15) is 33.4 Å². The molecule has 6 rings (SSSR count). The van der Waals surface area contributed by atoms with Gasteiger partial charge in [0.2, 0.25) is 5.91 Å². The van der Waals surface area contributed by atoms with E-state index in [1.807, 2.05) is 0 Å². The molecule has 112 heavy (non-hydrogen) atoms. The van der Waals surface area contributed by atoms with Gasteiger partial charge in [0.05, 0.1) is 136 Å². The van der Waals surface area contributed by atoms with Crippen molar-refractivity contribution in [2.45, 2.75) is 125 Å². The minimum absolute atomic E-state index is 0.0430. The second-order valence-electron chi connectivity index (χ2n) is 25.3. The number of nitrogens with two attached hydrogens (primary N) is 1. The van der Waals surface area contributed by atoms with Gasteiger partial charge >= 0.3 is 46.7 Å². The van der Waals surface area contributed by atoms with E-state index in [4.69, 9.17) is 117 Å². The highest BCUT2D eigenvalue weighted by atomic mass is 31.2. The number of phosphoric acid groups is 5. The maximum absolute atomic E-state index is 13.7. The van der Waals surface area contributed by atoms with Crippen molar-refractivity contribution in [2.75, 3.05) is 166 Å². The second kappa shape index (κ2) is 46.4. The number of rotatable bonds is 55. The zero-order valence-electron chi connectivity index (χ0n) is 60.8. The number of methoxy groups -OCH3 is 1. The first-order chi connectivity index (χ1) is 52.7. The van der Waals surface area contributed by atoms with Crippen LogP contribution in [0.5, 0.6) is 0 Å². The number of nitrogens with zero attached hydrogens (tertiary/aromatic N) is 4. The van der Waals surface area contributed by atoms with E-state index in [0.717, 1.165) is 13.6 Å². The topological polar surface area (TPSA) is 726 Å². The molecule has 2 aromatic rings. The van der Waals surface area contributed by atoms with E-state index in [2.05, 4.69) is 20.3 Å². The minimum atomic E-state index is -5.41. The number of carbonyl (C=O) groups excluding carboxylic acids is 1. The number of imidazole rings is 1. The number of fused-ring (bicyclic) bond motifs is 1. The normalized spacial score (nSPS) is 31.3. The van der Waals surface area contributed by atoms with Gasteiger partial charge in [0, 0.05) is 44.9 Å². The van der Waals surface area contributed by atoms with Gasteiger partial charge in [-0.05, 0) is 0 Å². The summed E-state index contributed by atoms with van der Waals surface area (Å²) in [5.74, 6) is -3.17. The Labute approximate surface area is 638 Å². The third-order valence-electron chi connectivity index (χ3n) is 16.5. The van der Waals surface area contributed by atoms with E-state index in [1.54, 1.807) is 0 Å². The van der Waals surface area contributed by atoms with Crippen molar-refractivity contribution >= 4 is 69.6 Å². The second-order valence-corrected chi connectivity index (χ2v) is 34.4. The van der Waals surface area contributed by atoms with Gasteiger partial charge in [0.15, 0.2) is 64.3 Å². The summed E-state index contributed by atoms with van der Waals surface area (Å²) in [6.07, 6.45) is -18.3. The monoisotopic (exact) mass is 1750 g/mol. The van der Waals surface area contributed by atoms with Gasteiger partial charge in [-0.3, -0.25) is 59.2 Å². The summed E-state index contributed by atoms with van der Waals surface area (Å²) in [5.41, 5.74) is 4.17. The highest BCUT2D eigenvalue weighted by Gasteiger charge is 2.48. The molecule has 0 aromatic carbocycles. The maximum Gasteiger partial charge on any atom is 0.474 e. The first-order valence-corrected chi connectivity index (χ1v) is 43.2. The Kier molecular flexibility index (Phi) is 40.8. The van der Waals surface area contributed by atoms with Crippen molar-refractivity contribution in [3.63, 3.8) is 0 Å². The van der Waals surface area contributed by atoms with Crippen molar-refractivity contribution in [1.29, 1.82) is 0 Å². The van der Waals surface area contributed by atoms with Crippen LogP contribution in [0.4, 0.5) is 5.82 Å². The van der Waals surface area contributed by atoms with E-state index in [9.17, 15) is 108 Å². The predicted octanol–water partition coefficient (Wildman–Crippen LogP) is -4.17. The SMILES string of the molecule is COCC(COCOP(=O)(O)OCC(COCOP(=O)(O)OCCO[C@@H]1OC(CO)[C@H](O)[C@H](O)C1C)(COCOP(=O)(O)OCCO[C@@H]1OC(CO)[C@H](O)[C@H](O)C1C)COCOP(=O)(O)OCCO[C@@H]1OC(CO)[C@H](O)[C@H](O)C1NC(C)=O)COCOP(=O)(O)O[C@H]1C[C@H](n2cnc3c(N)ncnc32)O[C@@H]1COP(C)(=O)O. The first kappa shape index (κ1) is 98.5. The number of amides is 1. The van der Waals surface area contributed by atoms with Crippen molar-refractivity contribution in [2.24, 2.45) is 23.2 Å². The van der Waals surface area contributed by atoms with Gasteiger partial charge in [-0.25, -0.2) is 37.8 Å². The number of aliphatic hydroxyl groups is 9. The lowest BCUT2D eigenvalue weighted by atomic mass is 9.92. The van der Waals surface area contributed by atoms with E-state index in [1.165, 1.54) is 38.2 Å². The maximum atomic E-state index is 13.7. The molecule has 2 aromatic heterocycles. The number of carbonyl (C=O) groups is 1. The molecule has 58 heteroatoms. The van der Waals surface area contributed by atoms with Crippen molar-refractivity contribution in [3.05, 3.63) is 12.7 Å². The number of aliphatic hydroxyl groups excluding tert-OH is 9. The average Bonchev–Trinajstić information content (AvgIpc) is 1.59. The van der Waals surface area contributed by atoms with Crippen LogP contribution in [0.25, 0.3) is 11.2 Å². The molecule has 0 saturated carbocycles. The van der Waals surface area contributed by atoms with E-state index < -0.39 is 307 Å². The number of hydrogen-bond acceptors (Lipinski definition) is 44. The van der Waals surface area contributed by atoms with Crippen LogP contribution in [0.3, 0.4) is 0 Å². The molecule has 52 nitrogen and oxygen atoms in total. The Morgan fingerprint density at radius 3 is 1.42 bits per heavy atom. The molecule has 18 N–H and O–H groups in total. The van der Waals surface area contributed by atoms with Crippen LogP contribution in [0.2, 0.25) is 0 Å². The summed E-state index contributed by atoms with van der Waals surface area (Å²) in [7, 11) is -28.8. The Morgan fingerprint density at radius 2 is 0.973 bits per heavy atom. The Bertz CT molecular complexity index is 3360. The fourth-order valence-corrected chi connectivity index (χ4v) is 14.5. The molecule has 0 bridgehead atoms. The van der Waals surface area contributed by atoms with Crippen LogP contribution in [-0.2, 0) is 144 Å². The Hall–Kier alpha value is -2.36. The highest BCUT2D eigenvalue weighted by molar-refractivity contribution is 7.52. The average molecular weight is 1760 g/mol. The van der Waals surface area contributed by atoms with Gasteiger partial charge in [-0.2, -0.15) is 0 Å². The number of nitrogen functional groups attached to an aromatic ring is 1. The predicted molar refractivity (Wildman–Crippen MR) is 362 cm³/mol. The lowest BCUT2D eigenvalue weighted by Gasteiger charge is -2.42. The fourth-order valence-electron chi connectivity index (χ4n) is 10.7. The van der Waals surface area contributed by atoms with Gasteiger partial charge in [-0.1, -0.05) is 13.8 Å². The molecule has 4 aliphatic heterocycles. The van der Waals surface area contributed by atoms with Crippen LogP contribution >= 0.6 is 46.7 Å². The summed E-state index contributed by atoms with van der Waals surface area (Å²) < 4.78 is 206. The minimum Gasteiger partial charge on any atom is -0.394 e. The number of anilines is 1. The quantitative estimate of drug-likeness (QED) is 0.0170. The van der Waals surface area contributed by atoms with Crippen LogP contribution in [0, 0.1) is 23.2 Å². The third kappa shape index (κ3) is 32.3. The fraction of sp³-hybridized carbons (Fsp3) is 0.889. The van der Waals surface area contributed by atoms with Gasteiger partial charge in [0.25, 0.3) is 0 Å². The standard InChI is InChI=1S/C54H100N6O46P6/c1-31-43(65)45(67)36(13-61)103-51(31)89-6-9-92-108(73,74)98-28-86-20-54(21-87-29-99-109(75,76)93-10-7-90-52-32(2)44(66)46(68)37(14-62)104-52,22-88-30-100-110(77,78)94-11-8-91-53-41(59-33(3)64)48(70)47(69)38(15-63)105-53)23-96-111(79,80)97-26-84-17-34(16-83-4)18-85-27-101-112(81,82)106-35-12-40(102-39(35)19-95-107(5,71)72)60-25-58-42-49(55)56-24-57-50(42)60/h24-25,31-32,34-41,43-48,51-53,61-63,65-70H,6-23,26-30H2,1-5H3,(H,59,64)(H,71,72)(H,73,74)(H,75,76)(H,77,78)(H,79,80)(H,81,82)(H2,55,56,57)/t31?,32?,34?,35-,36?,37?,38?,39+,40+,41?,43+,44+,45-,46-,47-,48+,51+,52+,53+,54?/m0/s1. The highest BCUT2D eigenvalue weighted by Crippen LogP contribution is 2.51. The molecular weight excluding hydrogens is 1650 g/mol. The largest absolute Gasteiger partial charge is 0.474 e. The molecule has 6 heterocycles. The summed E-state index contributed by atoms with van der Waals surface area (Å²) >= 11 is 0. The van der Waals surface area contributed by atoms with Crippen molar-refractivity contribution in [1.82, 2.24) is 24.8 Å². The number of ether oxygens (including phenoxy) is 13. The summed E-state index contributed by atoms with van der Waals surface area (Å²) in [6, 6.07) is -1.41. The summed E-state index contributed by atoms with van der Waals surface area (Å²) in [5, 5.41) is 93.1. The molecule has 4 saturated heterocycles. The molecule has 652 valence electrons. The van der Waals surface area contributed by atoms with E-state index in [-0.39, 0.29) is 36.6 Å². The van der Waals surface area contributed by atoms with Crippen LogP contribution in [0.15, 0.2) is 12.7 Å². The number of phosphoric ester groups is 5. The number of hydrogen-bond donors (Lipinski definition) is 17. The molecule has 0 spiro atoms. The Balaban J connectivity index is 1.10. The molecule has 4 fully saturated rings. The lowest BCUT2D eigenvalue weighted by Crippen LogP contribution is -2.64. The van der Waals surface area contributed by atoms with Gasteiger partial charge < -0.3 is 152 Å². The summed E-state index contributed by atoms with van der Waals surface area (Å²) in [4.78, 5) is 87.4. The molecule has 1 amide bonds. The molecule has 0 aliphatic carbocycles. The lowest BCUT2D eigenvalue weighted by molar-refractivity contribution is -0.283. The van der Waals surface area contributed by atoms with Gasteiger partial charge in [-0.15, -0.1) is 0 Å². The number of nitrogens with one attached hydrogen (secondary N) is 1. The molecular formula is C54H100N6O46P6. The van der Waals surface area contributed by atoms with E-state index in [0.29, 0.717) is 0 Å². The smallest absolute Gasteiger partial charge is 0.394 e. The number of aromatic nitrogens is 4. The molecule has 0 radical (unpaired) electrons. The van der Waals surface area contributed by atoms with Crippen molar-refractivity contribution in [3.8, 4) is 0 Å². The Morgan fingerprint density at radius 1 is 0.545 bits per heavy atom. The van der Waals surface area contributed by atoms with Crippen LogP contribution in [-0.4, -0.2) is 353 Å². The van der Waals surface area contributed by atoms with Crippen LogP contribution < -0.4 is 11.1 Å². The molecule has 4 aliphatic rings. The zero-order valence-corrected chi connectivity index (χ0v) is 66.2. The third-order valence-corrected chi connectivity index (χ3v) is 21.8. The van der Waals surface area contributed by atoms with Crippen molar-refractivity contribution < 1.29 is 219 Å². The molecule has 25 atom stereocenters.